The molecule has 0 fully saturated rings. The molecule has 0 unspecified atom stereocenters. The number of para-hydroxylation sites is 1. The van der Waals surface area contributed by atoms with Crippen molar-refractivity contribution in [3.8, 4) is 0 Å². The van der Waals surface area contributed by atoms with E-state index < -0.39 is 0 Å². The third-order valence-corrected chi connectivity index (χ3v) is 3.03. The number of anilines is 1. The van der Waals surface area contributed by atoms with Crippen LogP contribution in [-0.4, -0.2) is 32.5 Å². The second kappa shape index (κ2) is 5.50. The number of nitrogens with zero attached hydrogens (tertiary/aromatic N) is 4. The average Bonchev–Trinajstić information content (AvgIpc) is 2.72. The largest absolute Gasteiger partial charge is 0.384 e. The molecule has 16 heavy (non-hydrogen) atoms. The molecule has 0 saturated carbocycles. The quantitative estimate of drug-likeness (QED) is 0.627. The van der Waals surface area contributed by atoms with Crippen molar-refractivity contribution in [3.05, 3.63) is 30.3 Å². The Kier molecular flexibility index (Phi) is 3.76. The SMILES string of the molecule is Cn1nnnc1SCCNc1ccccc1. The molecule has 0 amide bonds. The summed E-state index contributed by atoms with van der Waals surface area (Å²) in [5.74, 6) is 0.934. The van der Waals surface area contributed by atoms with Crippen molar-refractivity contribution in [2.24, 2.45) is 7.05 Å². The Labute approximate surface area is 98.2 Å². The molecule has 0 aliphatic heterocycles. The van der Waals surface area contributed by atoms with Crippen molar-refractivity contribution < 1.29 is 0 Å². The second-order valence-electron chi connectivity index (χ2n) is 3.23. The molecule has 1 N–H and O–H groups in total. The van der Waals surface area contributed by atoms with Gasteiger partial charge in [0.05, 0.1) is 0 Å². The molecule has 2 rings (SSSR count). The van der Waals surface area contributed by atoms with E-state index in [0.717, 1.165) is 23.1 Å². The van der Waals surface area contributed by atoms with Gasteiger partial charge in [-0.3, -0.25) is 0 Å². The molecule has 0 radical (unpaired) electrons. The van der Waals surface area contributed by atoms with Gasteiger partial charge in [-0.15, -0.1) is 5.10 Å². The van der Waals surface area contributed by atoms with Crippen LogP contribution in [0.15, 0.2) is 35.5 Å². The molecular formula is C10H13N5S. The van der Waals surface area contributed by atoms with E-state index in [2.05, 4.69) is 33.0 Å². The molecular weight excluding hydrogens is 222 g/mol. The maximum Gasteiger partial charge on any atom is 0.209 e. The minimum Gasteiger partial charge on any atom is -0.384 e. The summed E-state index contributed by atoms with van der Waals surface area (Å²) in [6.07, 6.45) is 0. The molecule has 5 nitrogen and oxygen atoms in total. The first-order chi connectivity index (χ1) is 7.86. The van der Waals surface area contributed by atoms with Crippen LogP contribution in [0.3, 0.4) is 0 Å². The average molecular weight is 235 g/mol. The summed E-state index contributed by atoms with van der Waals surface area (Å²) in [6.45, 7) is 0.890. The predicted octanol–water partition coefficient (Wildman–Crippen LogP) is 1.41. The van der Waals surface area contributed by atoms with Gasteiger partial charge in [-0.25, -0.2) is 4.68 Å². The van der Waals surface area contributed by atoms with E-state index in [0.29, 0.717) is 0 Å². The molecule has 0 saturated heterocycles. The lowest BCUT2D eigenvalue weighted by molar-refractivity contribution is 0.664. The van der Waals surface area contributed by atoms with Crippen molar-refractivity contribution in [2.45, 2.75) is 5.16 Å². The van der Waals surface area contributed by atoms with Crippen LogP contribution in [0.1, 0.15) is 0 Å². The first kappa shape index (κ1) is 10.9. The van der Waals surface area contributed by atoms with Gasteiger partial charge >= 0.3 is 0 Å². The van der Waals surface area contributed by atoms with Gasteiger partial charge in [-0.2, -0.15) is 0 Å². The van der Waals surface area contributed by atoms with Gasteiger partial charge in [0.1, 0.15) is 0 Å². The summed E-state index contributed by atoms with van der Waals surface area (Å²) in [6, 6.07) is 10.1. The Morgan fingerprint density at radius 1 is 1.31 bits per heavy atom. The number of tetrazole rings is 1. The zero-order chi connectivity index (χ0) is 11.2. The van der Waals surface area contributed by atoms with Crippen LogP contribution in [0.5, 0.6) is 0 Å². The van der Waals surface area contributed by atoms with Crippen LogP contribution in [0.4, 0.5) is 5.69 Å². The lowest BCUT2D eigenvalue weighted by Gasteiger charge is -2.04. The fraction of sp³-hybridized carbons (Fsp3) is 0.300. The molecule has 0 atom stereocenters. The lowest BCUT2D eigenvalue weighted by atomic mass is 10.3. The molecule has 0 aliphatic rings. The van der Waals surface area contributed by atoms with Crippen LogP contribution in [0.25, 0.3) is 0 Å². The van der Waals surface area contributed by atoms with Gasteiger partial charge < -0.3 is 5.32 Å². The summed E-state index contributed by atoms with van der Waals surface area (Å²) < 4.78 is 1.67. The number of aryl methyl sites for hydroxylation is 1. The van der Waals surface area contributed by atoms with E-state index in [4.69, 9.17) is 0 Å². The molecule has 0 bridgehead atoms. The second-order valence-corrected chi connectivity index (χ2v) is 4.29. The minimum atomic E-state index is 0.842. The Balaban J connectivity index is 1.72. The first-order valence-corrected chi connectivity index (χ1v) is 5.99. The molecule has 84 valence electrons. The van der Waals surface area contributed by atoms with Crippen LogP contribution in [0, 0.1) is 0 Å². The zero-order valence-corrected chi connectivity index (χ0v) is 9.81. The number of hydrogen-bond donors (Lipinski definition) is 1. The van der Waals surface area contributed by atoms with Gasteiger partial charge in [0, 0.05) is 25.0 Å². The standard InChI is InChI=1S/C10H13N5S/c1-15-10(12-13-14-15)16-8-7-11-9-5-3-2-4-6-9/h2-6,11H,7-8H2,1H3. The van der Waals surface area contributed by atoms with Gasteiger partial charge in [0.15, 0.2) is 0 Å². The van der Waals surface area contributed by atoms with Crippen LogP contribution in [0.2, 0.25) is 0 Å². The molecule has 0 aliphatic carbocycles. The lowest BCUT2D eigenvalue weighted by Crippen LogP contribution is -2.04. The molecule has 1 aromatic carbocycles. The van der Waals surface area contributed by atoms with Gasteiger partial charge in [0.2, 0.25) is 5.16 Å². The highest BCUT2D eigenvalue weighted by Crippen LogP contribution is 2.12. The highest BCUT2D eigenvalue weighted by molar-refractivity contribution is 7.99. The molecule has 0 spiro atoms. The van der Waals surface area contributed by atoms with Crippen molar-refractivity contribution in [3.63, 3.8) is 0 Å². The van der Waals surface area contributed by atoms with Gasteiger partial charge in [-0.05, 0) is 22.6 Å². The highest BCUT2D eigenvalue weighted by atomic mass is 32.2. The van der Waals surface area contributed by atoms with E-state index in [1.54, 1.807) is 16.4 Å². The molecule has 6 heteroatoms. The third kappa shape index (κ3) is 2.96. The van der Waals surface area contributed by atoms with E-state index in [9.17, 15) is 0 Å². The number of nitrogens with one attached hydrogen (secondary N) is 1. The Morgan fingerprint density at radius 2 is 2.12 bits per heavy atom. The van der Waals surface area contributed by atoms with Crippen molar-refractivity contribution in [2.75, 3.05) is 17.6 Å². The van der Waals surface area contributed by atoms with Crippen LogP contribution >= 0.6 is 11.8 Å². The molecule has 2 aromatic rings. The van der Waals surface area contributed by atoms with Crippen molar-refractivity contribution in [1.29, 1.82) is 0 Å². The Bertz CT molecular complexity index is 428. The third-order valence-electron chi connectivity index (χ3n) is 2.02. The van der Waals surface area contributed by atoms with Gasteiger partial charge in [0.25, 0.3) is 0 Å². The zero-order valence-electron chi connectivity index (χ0n) is 9.00. The molecule has 1 aromatic heterocycles. The fourth-order valence-corrected chi connectivity index (χ4v) is 1.94. The normalized spacial score (nSPS) is 10.3. The van der Waals surface area contributed by atoms with Crippen molar-refractivity contribution in [1.82, 2.24) is 20.2 Å². The van der Waals surface area contributed by atoms with E-state index in [1.165, 1.54) is 0 Å². The number of aromatic nitrogens is 4. The number of hydrogen-bond acceptors (Lipinski definition) is 5. The van der Waals surface area contributed by atoms with E-state index in [-0.39, 0.29) is 0 Å². The fourth-order valence-electron chi connectivity index (χ4n) is 1.24. The first-order valence-electron chi connectivity index (χ1n) is 5.00. The van der Waals surface area contributed by atoms with Crippen LogP contribution in [-0.2, 0) is 7.05 Å². The summed E-state index contributed by atoms with van der Waals surface area (Å²) in [7, 11) is 1.84. The smallest absolute Gasteiger partial charge is 0.209 e. The summed E-state index contributed by atoms with van der Waals surface area (Å²) >= 11 is 1.64. The monoisotopic (exact) mass is 235 g/mol. The Morgan fingerprint density at radius 3 is 2.81 bits per heavy atom. The predicted molar refractivity (Wildman–Crippen MR) is 64.5 cm³/mol. The molecule has 1 heterocycles. The van der Waals surface area contributed by atoms with E-state index in [1.807, 2.05) is 25.2 Å². The maximum absolute atomic E-state index is 3.90. The highest BCUT2D eigenvalue weighted by Gasteiger charge is 2.01. The maximum atomic E-state index is 3.90. The Hall–Kier alpha value is -1.56. The number of thioether (sulfide) groups is 1. The van der Waals surface area contributed by atoms with Crippen molar-refractivity contribution >= 4 is 17.4 Å². The van der Waals surface area contributed by atoms with Gasteiger partial charge in [-0.1, -0.05) is 30.0 Å². The number of benzene rings is 1. The summed E-state index contributed by atoms with van der Waals surface area (Å²) in [4.78, 5) is 0. The topological polar surface area (TPSA) is 55.6 Å². The summed E-state index contributed by atoms with van der Waals surface area (Å²) in [5, 5.41) is 15.4. The van der Waals surface area contributed by atoms with E-state index >= 15 is 0 Å². The minimum absolute atomic E-state index is 0.842. The summed E-state index contributed by atoms with van der Waals surface area (Å²) in [5.41, 5.74) is 1.14. The van der Waals surface area contributed by atoms with Crippen LogP contribution < -0.4 is 5.32 Å². The number of rotatable bonds is 5.